The second-order valence-corrected chi connectivity index (χ2v) is 5.88. The zero-order valence-corrected chi connectivity index (χ0v) is 12.0. The summed E-state index contributed by atoms with van der Waals surface area (Å²) in [4.78, 5) is 0. The lowest BCUT2D eigenvalue weighted by Crippen LogP contribution is -2.37. The summed E-state index contributed by atoms with van der Waals surface area (Å²) in [6.45, 7) is 7.26. The molecule has 1 fully saturated rings. The minimum atomic E-state index is -2.71. The maximum atomic E-state index is 14.7. The normalized spacial score (nSPS) is 18.0. The maximum absolute atomic E-state index is 14.7. The number of rotatable bonds is 3. The maximum Gasteiger partial charge on any atom is 0.276 e. The third kappa shape index (κ3) is 2.97. The van der Waals surface area contributed by atoms with Crippen molar-refractivity contribution < 1.29 is 8.78 Å². The van der Waals surface area contributed by atoms with Crippen LogP contribution in [0.4, 0.5) is 8.78 Å². The van der Waals surface area contributed by atoms with Gasteiger partial charge in [-0.2, -0.15) is 0 Å². The number of piperidine rings is 1. The Balaban J connectivity index is 2.35. The first-order valence-electron chi connectivity index (χ1n) is 7.12. The highest BCUT2D eigenvalue weighted by molar-refractivity contribution is 5.36. The van der Waals surface area contributed by atoms with Crippen LogP contribution in [-0.2, 0) is 5.92 Å². The van der Waals surface area contributed by atoms with E-state index in [4.69, 9.17) is 0 Å². The molecule has 0 amide bonds. The van der Waals surface area contributed by atoms with Gasteiger partial charge in [-0.25, -0.2) is 8.78 Å². The summed E-state index contributed by atoms with van der Waals surface area (Å²) in [5.41, 5.74) is 1.92. The van der Waals surface area contributed by atoms with Crippen molar-refractivity contribution in [2.24, 2.45) is 5.92 Å². The van der Waals surface area contributed by atoms with Gasteiger partial charge in [0.05, 0.1) is 0 Å². The van der Waals surface area contributed by atoms with Crippen LogP contribution in [0.5, 0.6) is 0 Å². The zero-order valence-electron chi connectivity index (χ0n) is 12.0. The number of hydrogen-bond donors (Lipinski definition) is 1. The molecule has 0 spiro atoms. The quantitative estimate of drug-likeness (QED) is 0.865. The lowest BCUT2D eigenvalue weighted by Gasteiger charge is -2.32. The van der Waals surface area contributed by atoms with Crippen molar-refractivity contribution in [3.8, 4) is 0 Å². The summed E-state index contributed by atoms with van der Waals surface area (Å²) in [6.07, 6.45) is 1.11. The standard InChI is InChI=1S/C16H23F2N/c1-11(2)13-5-4-12(3)15(10-13)16(17,18)14-6-8-19-9-7-14/h4-5,10-11,14,19H,6-9H2,1-3H3. The van der Waals surface area contributed by atoms with Crippen molar-refractivity contribution in [3.63, 3.8) is 0 Å². The predicted molar refractivity (Wildman–Crippen MR) is 74.8 cm³/mol. The molecule has 0 aliphatic carbocycles. The van der Waals surface area contributed by atoms with E-state index in [0.717, 1.165) is 5.56 Å². The number of nitrogens with one attached hydrogen (secondary N) is 1. The third-order valence-electron chi connectivity index (χ3n) is 4.14. The summed E-state index contributed by atoms with van der Waals surface area (Å²) in [5, 5.41) is 3.15. The molecule has 106 valence electrons. The van der Waals surface area contributed by atoms with Gasteiger partial charge in [-0.1, -0.05) is 26.0 Å². The molecule has 1 heterocycles. The van der Waals surface area contributed by atoms with Crippen molar-refractivity contribution in [3.05, 3.63) is 34.9 Å². The third-order valence-corrected chi connectivity index (χ3v) is 4.14. The van der Waals surface area contributed by atoms with Gasteiger partial charge in [-0.05, 0) is 56.0 Å². The van der Waals surface area contributed by atoms with Crippen molar-refractivity contribution in [2.45, 2.75) is 45.5 Å². The van der Waals surface area contributed by atoms with E-state index in [-0.39, 0.29) is 11.5 Å². The summed E-state index contributed by atoms with van der Waals surface area (Å²) in [6, 6.07) is 5.50. The minimum absolute atomic E-state index is 0.227. The topological polar surface area (TPSA) is 12.0 Å². The van der Waals surface area contributed by atoms with Crippen molar-refractivity contribution >= 4 is 0 Å². The van der Waals surface area contributed by atoms with E-state index < -0.39 is 11.8 Å². The Kier molecular flexibility index (Phi) is 4.24. The van der Waals surface area contributed by atoms with E-state index in [9.17, 15) is 8.78 Å². The predicted octanol–water partition coefficient (Wildman–Crippen LogP) is 4.21. The first-order valence-corrected chi connectivity index (χ1v) is 7.12. The highest BCUT2D eigenvalue weighted by Gasteiger charge is 2.42. The van der Waals surface area contributed by atoms with Gasteiger partial charge in [0.1, 0.15) is 0 Å². The molecule has 1 aromatic rings. The van der Waals surface area contributed by atoms with E-state index >= 15 is 0 Å². The van der Waals surface area contributed by atoms with Crippen LogP contribution in [0.25, 0.3) is 0 Å². The summed E-state index contributed by atoms with van der Waals surface area (Å²) in [7, 11) is 0. The van der Waals surface area contributed by atoms with Crippen molar-refractivity contribution in [1.29, 1.82) is 0 Å². The van der Waals surface area contributed by atoms with Gasteiger partial charge in [-0.15, -0.1) is 0 Å². The lowest BCUT2D eigenvalue weighted by molar-refractivity contribution is -0.0758. The fourth-order valence-corrected chi connectivity index (χ4v) is 2.76. The molecule has 19 heavy (non-hydrogen) atoms. The number of alkyl halides is 2. The van der Waals surface area contributed by atoms with Crippen molar-refractivity contribution in [1.82, 2.24) is 5.32 Å². The molecule has 1 nitrogen and oxygen atoms in total. The van der Waals surface area contributed by atoms with Gasteiger partial charge in [0.15, 0.2) is 0 Å². The molecule has 1 saturated heterocycles. The van der Waals surface area contributed by atoms with Gasteiger partial charge in [0.2, 0.25) is 0 Å². The van der Waals surface area contributed by atoms with E-state index in [0.29, 0.717) is 31.5 Å². The highest BCUT2D eigenvalue weighted by Crippen LogP contribution is 2.42. The molecule has 2 rings (SSSR count). The molecule has 1 aliphatic rings. The molecule has 1 aliphatic heterocycles. The monoisotopic (exact) mass is 267 g/mol. The Morgan fingerprint density at radius 2 is 1.84 bits per heavy atom. The zero-order chi connectivity index (χ0) is 14.0. The Bertz CT molecular complexity index is 434. The number of halogens is 2. The fraction of sp³-hybridized carbons (Fsp3) is 0.625. The number of benzene rings is 1. The summed E-state index contributed by atoms with van der Waals surface area (Å²) >= 11 is 0. The van der Waals surface area contributed by atoms with Gasteiger partial charge in [0, 0.05) is 11.5 Å². The largest absolute Gasteiger partial charge is 0.317 e. The second-order valence-electron chi connectivity index (χ2n) is 5.88. The Hall–Kier alpha value is -0.960. The minimum Gasteiger partial charge on any atom is -0.317 e. The lowest BCUT2D eigenvalue weighted by atomic mass is 9.84. The summed E-state index contributed by atoms with van der Waals surface area (Å²) in [5.74, 6) is -2.96. The second kappa shape index (κ2) is 5.58. The van der Waals surface area contributed by atoms with Crippen LogP contribution >= 0.6 is 0 Å². The van der Waals surface area contributed by atoms with Gasteiger partial charge in [0.25, 0.3) is 5.92 Å². The Morgan fingerprint density at radius 3 is 2.42 bits per heavy atom. The Morgan fingerprint density at radius 1 is 1.21 bits per heavy atom. The van der Waals surface area contributed by atoms with Gasteiger partial charge < -0.3 is 5.32 Å². The SMILES string of the molecule is Cc1ccc(C(C)C)cc1C(F)(F)C1CCNCC1. The van der Waals surface area contributed by atoms with Gasteiger partial charge in [-0.3, -0.25) is 0 Å². The fourth-order valence-electron chi connectivity index (χ4n) is 2.76. The molecule has 0 unspecified atom stereocenters. The van der Waals surface area contributed by atoms with Crippen LogP contribution in [-0.4, -0.2) is 13.1 Å². The van der Waals surface area contributed by atoms with Crippen molar-refractivity contribution in [2.75, 3.05) is 13.1 Å². The van der Waals surface area contributed by atoms with Crippen LogP contribution in [0.15, 0.2) is 18.2 Å². The summed E-state index contributed by atoms with van der Waals surface area (Å²) < 4.78 is 29.4. The average molecular weight is 267 g/mol. The molecule has 0 saturated carbocycles. The number of aryl methyl sites for hydroxylation is 1. The molecular weight excluding hydrogens is 244 g/mol. The van der Waals surface area contributed by atoms with E-state index in [1.165, 1.54) is 0 Å². The molecule has 0 aromatic heterocycles. The molecule has 1 aromatic carbocycles. The molecule has 0 radical (unpaired) electrons. The van der Waals surface area contributed by atoms with Crippen LogP contribution in [0.1, 0.15) is 49.3 Å². The van der Waals surface area contributed by atoms with Crippen LogP contribution in [0.3, 0.4) is 0 Å². The molecule has 0 atom stereocenters. The van der Waals surface area contributed by atoms with Crippen LogP contribution < -0.4 is 5.32 Å². The molecule has 1 N–H and O–H groups in total. The smallest absolute Gasteiger partial charge is 0.276 e. The first kappa shape index (κ1) is 14.4. The average Bonchev–Trinajstić information content (AvgIpc) is 2.39. The van der Waals surface area contributed by atoms with Crippen LogP contribution in [0, 0.1) is 12.8 Å². The van der Waals surface area contributed by atoms with E-state index in [2.05, 4.69) is 5.32 Å². The molecular formula is C16H23F2N. The van der Waals surface area contributed by atoms with Crippen LogP contribution in [0.2, 0.25) is 0 Å². The van der Waals surface area contributed by atoms with E-state index in [1.54, 1.807) is 13.0 Å². The van der Waals surface area contributed by atoms with E-state index in [1.807, 2.05) is 26.0 Å². The first-order chi connectivity index (χ1) is 8.93. The molecule has 3 heteroatoms. The highest BCUT2D eigenvalue weighted by atomic mass is 19.3. The van der Waals surface area contributed by atoms with Gasteiger partial charge >= 0.3 is 0 Å². The molecule has 0 bridgehead atoms. The number of hydrogen-bond acceptors (Lipinski definition) is 1. The Labute approximate surface area is 114 Å².